The number of nitrogens with two attached hydrogens (primary N) is 1. The summed E-state index contributed by atoms with van der Waals surface area (Å²) in [4.78, 5) is 0. The van der Waals surface area contributed by atoms with Crippen LogP contribution in [0.25, 0.3) is 0 Å². The molecule has 0 aromatic rings. The van der Waals surface area contributed by atoms with E-state index < -0.39 is 21.0 Å². The predicted molar refractivity (Wildman–Crippen MR) is 65.3 cm³/mol. The maximum atomic E-state index is 12.0. The summed E-state index contributed by atoms with van der Waals surface area (Å²) < 4.78 is 24.1. The van der Waals surface area contributed by atoms with Gasteiger partial charge in [-0.05, 0) is 38.5 Å². The van der Waals surface area contributed by atoms with Crippen LogP contribution in [0, 0.1) is 0 Å². The van der Waals surface area contributed by atoms with Crippen LogP contribution >= 0.6 is 0 Å². The molecular weight excluding hydrogens is 238 g/mol. The van der Waals surface area contributed by atoms with Gasteiger partial charge >= 0.3 is 0 Å². The number of fused-ring (bicyclic) bond motifs is 2. The fourth-order valence-corrected chi connectivity index (χ4v) is 6.61. The maximum Gasteiger partial charge on any atom is 0.156 e. The lowest BCUT2D eigenvalue weighted by molar-refractivity contribution is -0.0488. The van der Waals surface area contributed by atoms with Crippen LogP contribution in [0.5, 0.6) is 0 Å². The van der Waals surface area contributed by atoms with Crippen LogP contribution in [0.1, 0.15) is 51.4 Å². The lowest BCUT2D eigenvalue weighted by atomic mass is 9.74. The average molecular weight is 259 g/mol. The molecule has 1 saturated carbocycles. The molecule has 2 saturated heterocycles. The summed E-state index contributed by atoms with van der Waals surface area (Å²) in [6, 6.07) is 0. The highest BCUT2D eigenvalue weighted by Gasteiger charge is 2.59. The van der Waals surface area contributed by atoms with Crippen LogP contribution in [0.15, 0.2) is 0 Å². The Kier molecular flexibility index (Phi) is 2.42. The molecule has 2 unspecified atom stereocenters. The van der Waals surface area contributed by atoms with Gasteiger partial charge < -0.3 is 10.8 Å². The second kappa shape index (κ2) is 3.45. The first kappa shape index (κ1) is 11.9. The highest BCUT2D eigenvalue weighted by Crippen LogP contribution is 2.50. The van der Waals surface area contributed by atoms with Crippen molar-refractivity contribution in [1.82, 2.24) is 0 Å². The molecule has 0 aromatic carbocycles. The van der Waals surface area contributed by atoms with E-state index >= 15 is 0 Å². The summed E-state index contributed by atoms with van der Waals surface area (Å²) in [6.07, 6.45) is 5.94. The molecule has 4 nitrogen and oxygen atoms in total. The van der Waals surface area contributed by atoms with Crippen molar-refractivity contribution in [3.63, 3.8) is 0 Å². The van der Waals surface area contributed by atoms with Gasteiger partial charge in [-0.1, -0.05) is 12.8 Å². The molecule has 0 spiro atoms. The molecule has 3 rings (SSSR count). The second-order valence-electron chi connectivity index (χ2n) is 6.21. The van der Waals surface area contributed by atoms with E-state index in [0.29, 0.717) is 25.7 Å². The zero-order chi connectivity index (χ0) is 12.3. The van der Waals surface area contributed by atoms with Crippen LogP contribution in [0.2, 0.25) is 0 Å². The van der Waals surface area contributed by atoms with E-state index in [0.717, 1.165) is 25.7 Å². The first-order valence-corrected chi connectivity index (χ1v) is 8.22. The maximum absolute atomic E-state index is 12.0. The molecule has 5 heteroatoms. The molecule has 1 aliphatic carbocycles. The van der Waals surface area contributed by atoms with Crippen LogP contribution in [-0.2, 0) is 9.84 Å². The third-order valence-electron chi connectivity index (χ3n) is 5.29. The first-order valence-electron chi connectivity index (χ1n) is 6.61. The predicted octanol–water partition coefficient (Wildman–Crippen LogP) is 0.729. The normalized spacial score (nSPS) is 47.2. The van der Waals surface area contributed by atoms with Crippen molar-refractivity contribution in [1.29, 1.82) is 0 Å². The van der Waals surface area contributed by atoms with Gasteiger partial charge in [0.1, 0.15) is 0 Å². The van der Waals surface area contributed by atoms with E-state index in [2.05, 4.69) is 0 Å². The van der Waals surface area contributed by atoms with E-state index in [1.165, 1.54) is 0 Å². The van der Waals surface area contributed by atoms with E-state index in [4.69, 9.17) is 5.73 Å². The van der Waals surface area contributed by atoms with Gasteiger partial charge in [0.05, 0.1) is 16.1 Å². The van der Waals surface area contributed by atoms with Crippen molar-refractivity contribution >= 4 is 9.84 Å². The van der Waals surface area contributed by atoms with Gasteiger partial charge in [0.2, 0.25) is 0 Å². The third-order valence-corrected chi connectivity index (χ3v) is 7.96. The Bertz CT molecular complexity index is 405. The monoisotopic (exact) mass is 259 g/mol. The summed E-state index contributed by atoms with van der Waals surface area (Å²) in [5.74, 6) is 0. The molecule has 2 heterocycles. The smallest absolute Gasteiger partial charge is 0.156 e. The first-order chi connectivity index (χ1) is 7.87. The molecule has 98 valence electrons. The molecule has 0 amide bonds. The highest BCUT2D eigenvalue weighted by molar-refractivity contribution is 7.93. The lowest BCUT2D eigenvalue weighted by Crippen LogP contribution is -2.63. The molecule has 3 aliphatic rings. The lowest BCUT2D eigenvalue weighted by Gasteiger charge is -2.47. The molecule has 0 aromatic heterocycles. The summed E-state index contributed by atoms with van der Waals surface area (Å²) in [5, 5.41) is 10.2. The zero-order valence-corrected chi connectivity index (χ0v) is 10.9. The van der Waals surface area contributed by atoms with Crippen molar-refractivity contribution in [3.8, 4) is 0 Å². The molecular formula is C12H21NO3S. The largest absolute Gasteiger partial charge is 0.388 e. The van der Waals surface area contributed by atoms with Crippen molar-refractivity contribution < 1.29 is 13.5 Å². The second-order valence-corrected chi connectivity index (χ2v) is 8.72. The number of rotatable bonds is 1. The number of hydrogen-bond acceptors (Lipinski definition) is 4. The SMILES string of the molecule is NC1(C2(O)CC3CCC(C2)S3(=O)=O)CCCC1. The molecule has 3 fully saturated rings. The third kappa shape index (κ3) is 1.52. The quantitative estimate of drug-likeness (QED) is 0.727. The van der Waals surface area contributed by atoms with Crippen LogP contribution in [-0.4, -0.2) is 35.2 Å². The zero-order valence-electron chi connectivity index (χ0n) is 10.1. The van der Waals surface area contributed by atoms with Gasteiger partial charge in [-0.2, -0.15) is 0 Å². The molecule has 2 bridgehead atoms. The van der Waals surface area contributed by atoms with Gasteiger partial charge in [0.25, 0.3) is 0 Å². The fourth-order valence-electron chi connectivity index (χ4n) is 4.12. The van der Waals surface area contributed by atoms with Gasteiger partial charge in [-0.3, -0.25) is 0 Å². The molecule has 0 radical (unpaired) electrons. The minimum absolute atomic E-state index is 0.340. The van der Waals surface area contributed by atoms with Crippen LogP contribution < -0.4 is 5.73 Å². The number of hydrogen-bond donors (Lipinski definition) is 2. The highest BCUT2D eigenvalue weighted by atomic mass is 32.2. The average Bonchev–Trinajstić information content (AvgIpc) is 2.71. The summed E-state index contributed by atoms with van der Waals surface area (Å²) in [6.45, 7) is 0. The molecule has 17 heavy (non-hydrogen) atoms. The van der Waals surface area contributed by atoms with E-state index in [9.17, 15) is 13.5 Å². The fraction of sp³-hybridized carbons (Fsp3) is 1.00. The van der Waals surface area contributed by atoms with Gasteiger partial charge in [-0.25, -0.2) is 8.42 Å². The Balaban J connectivity index is 1.92. The number of aliphatic hydroxyl groups is 1. The van der Waals surface area contributed by atoms with E-state index in [1.54, 1.807) is 0 Å². The summed E-state index contributed by atoms with van der Waals surface area (Å²) >= 11 is 0. The van der Waals surface area contributed by atoms with Crippen LogP contribution in [0.3, 0.4) is 0 Å². The van der Waals surface area contributed by atoms with Gasteiger partial charge in [-0.15, -0.1) is 0 Å². The van der Waals surface area contributed by atoms with E-state index in [-0.39, 0.29) is 10.5 Å². The Morgan fingerprint density at radius 1 is 1.06 bits per heavy atom. The molecule has 2 aliphatic heterocycles. The van der Waals surface area contributed by atoms with Gasteiger partial charge in [0, 0.05) is 5.54 Å². The molecule has 3 N–H and O–H groups in total. The van der Waals surface area contributed by atoms with Crippen LogP contribution in [0.4, 0.5) is 0 Å². The number of sulfone groups is 1. The summed E-state index contributed by atoms with van der Waals surface area (Å²) in [5.41, 5.74) is 4.88. The Hall–Kier alpha value is -0.130. The minimum atomic E-state index is -2.97. The Morgan fingerprint density at radius 2 is 1.53 bits per heavy atom. The van der Waals surface area contributed by atoms with E-state index in [1.807, 2.05) is 0 Å². The van der Waals surface area contributed by atoms with Crippen molar-refractivity contribution in [3.05, 3.63) is 0 Å². The van der Waals surface area contributed by atoms with Crippen molar-refractivity contribution in [2.24, 2.45) is 5.73 Å². The Morgan fingerprint density at radius 3 is 2.00 bits per heavy atom. The topological polar surface area (TPSA) is 80.4 Å². The Labute approximate surface area is 102 Å². The molecule has 2 atom stereocenters. The van der Waals surface area contributed by atoms with Gasteiger partial charge in [0.15, 0.2) is 9.84 Å². The van der Waals surface area contributed by atoms with Crippen molar-refractivity contribution in [2.45, 2.75) is 73.0 Å². The van der Waals surface area contributed by atoms with Crippen molar-refractivity contribution in [2.75, 3.05) is 0 Å². The minimum Gasteiger partial charge on any atom is -0.388 e. The summed E-state index contributed by atoms with van der Waals surface area (Å²) in [7, 11) is -2.97. The standard InChI is InChI=1S/C12H21NO3S/c13-11(5-1-2-6-11)12(14)7-9-3-4-10(8-12)17(9,15)16/h9-10,14H,1-8,13H2.